The van der Waals surface area contributed by atoms with E-state index in [2.05, 4.69) is 36.3 Å². The summed E-state index contributed by atoms with van der Waals surface area (Å²) >= 11 is 0. The molecule has 1 aliphatic carbocycles. The number of hydrogen-bond acceptors (Lipinski definition) is 4. The molecule has 2 aromatic carbocycles. The van der Waals surface area contributed by atoms with E-state index < -0.39 is 0 Å². The molecule has 3 rings (SSSR count). The lowest BCUT2D eigenvalue weighted by atomic mass is 9.68. The average molecular weight is 390 g/mol. The first-order valence-corrected chi connectivity index (χ1v) is 10.4. The Balaban J connectivity index is 1.63. The van der Waals surface area contributed by atoms with Gasteiger partial charge in [0.15, 0.2) is 5.78 Å². The van der Waals surface area contributed by atoms with Gasteiger partial charge in [-0.05, 0) is 67.5 Å². The summed E-state index contributed by atoms with van der Waals surface area (Å²) < 4.78 is 0. The highest BCUT2D eigenvalue weighted by Crippen LogP contribution is 2.41. The van der Waals surface area contributed by atoms with E-state index in [4.69, 9.17) is 0 Å². The predicted molar refractivity (Wildman–Crippen MR) is 120 cm³/mol. The van der Waals surface area contributed by atoms with Crippen molar-refractivity contribution in [2.75, 3.05) is 5.32 Å². The van der Waals surface area contributed by atoms with Gasteiger partial charge in [0.05, 0.1) is 11.4 Å². The molecule has 0 saturated heterocycles. The molecular weight excluding hydrogens is 358 g/mol. The number of aryl methyl sites for hydroxylation is 1. The van der Waals surface area contributed by atoms with E-state index in [0.29, 0.717) is 12.3 Å². The van der Waals surface area contributed by atoms with Crippen LogP contribution in [-0.4, -0.2) is 5.78 Å². The number of rotatable bonds is 6. The summed E-state index contributed by atoms with van der Waals surface area (Å²) in [4.78, 5) is 12.3. The number of ketones is 1. The van der Waals surface area contributed by atoms with Gasteiger partial charge in [0, 0.05) is 23.9 Å². The van der Waals surface area contributed by atoms with E-state index >= 15 is 0 Å². The van der Waals surface area contributed by atoms with Crippen LogP contribution in [0.5, 0.6) is 0 Å². The van der Waals surface area contributed by atoms with Crippen LogP contribution in [0.1, 0.15) is 52.0 Å². The topological polar surface area (TPSA) is 53.8 Å². The molecule has 0 spiro atoms. The number of Topliss-reactive ketones (excluding diaryl/α,β-unsaturated/α-hetero) is 1. The highest BCUT2D eigenvalue weighted by atomic mass is 16.1. The Bertz CT molecular complexity index is 893. The molecular formula is C25H31N3O. The Morgan fingerprint density at radius 2 is 1.62 bits per heavy atom. The van der Waals surface area contributed by atoms with Gasteiger partial charge in [-0.3, -0.25) is 4.79 Å². The first kappa shape index (κ1) is 21.0. The van der Waals surface area contributed by atoms with Crippen molar-refractivity contribution in [3.05, 3.63) is 65.9 Å². The summed E-state index contributed by atoms with van der Waals surface area (Å²) in [6, 6.07) is 15.7. The van der Waals surface area contributed by atoms with Crippen molar-refractivity contribution in [3.8, 4) is 0 Å². The smallest absolute Gasteiger partial charge is 0.160 e. The molecule has 1 N–H and O–H groups in total. The molecule has 4 nitrogen and oxygen atoms in total. The molecule has 0 aromatic heterocycles. The Morgan fingerprint density at radius 3 is 2.21 bits per heavy atom. The predicted octanol–water partition coefficient (Wildman–Crippen LogP) is 7.51. The van der Waals surface area contributed by atoms with Crippen LogP contribution in [0.4, 0.5) is 17.1 Å². The number of azo groups is 1. The number of allylic oxidation sites excluding steroid dienone is 1. The second kappa shape index (κ2) is 9.17. The summed E-state index contributed by atoms with van der Waals surface area (Å²) in [5, 5.41) is 11.8. The minimum absolute atomic E-state index is 0.268. The van der Waals surface area contributed by atoms with Gasteiger partial charge in [0.1, 0.15) is 0 Å². The van der Waals surface area contributed by atoms with E-state index in [9.17, 15) is 4.79 Å². The minimum Gasteiger partial charge on any atom is -0.361 e. The third-order valence-electron chi connectivity index (χ3n) is 6.16. The van der Waals surface area contributed by atoms with E-state index in [-0.39, 0.29) is 11.2 Å². The fourth-order valence-electron chi connectivity index (χ4n) is 3.56. The van der Waals surface area contributed by atoms with Crippen molar-refractivity contribution < 1.29 is 4.79 Å². The first-order chi connectivity index (χ1) is 13.9. The second-order valence-corrected chi connectivity index (χ2v) is 8.60. The number of hydrogen-bond donors (Lipinski definition) is 1. The molecule has 1 atom stereocenters. The zero-order valence-electron chi connectivity index (χ0n) is 17.9. The average Bonchev–Trinajstić information content (AvgIpc) is 2.73. The van der Waals surface area contributed by atoms with Crippen LogP contribution < -0.4 is 5.32 Å². The lowest BCUT2D eigenvalue weighted by Crippen LogP contribution is -2.29. The lowest BCUT2D eigenvalue weighted by molar-refractivity contribution is -0.117. The number of nitrogens with zero attached hydrogens (tertiary/aromatic N) is 2. The third kappa shape index (κ3) is 5.63. The summed E-state index contributed by atoms with van der Waals surface area (Å²) in [5.41, 5.74) is 4.95. The summed E-state index contributed by atoms with van der Waals surface area (Å²) in [7, 11) is 0. The fraction of sp³-hybridized carbons (Fsp3) is 0.400. The monoisotopic (exact) mass is 389 g/mol. The molecule has 1 fully saturated rings. The molecule has 0 radical (unpaired) electrons. The minimum atomic E-state index is 0.268. The highest BCUT2D eigenvalue weighted by molar-refractivity contribution is 5.96. The Morgan fingerprint density at radius 1 is 1.03 bits per heavy atom. The van der Waals surface area contributed by atoms with Crippen molar-refractivity contribution >= 4 is 22.8 Å². The maximum atomic E-state index is 12.3. The molecule has 4 heteroatoms. The van der Waals surface area contributed by atoms with E-state index in [1.54, 1.807) is 0 Å². The van der Waals surface area contributed by atoms with Crippen molar-refractivity contribution in [3.63, 3.8) is 0 Å². The molecule has 0 heterocycles. The molecule has 1 aliphatic rings. The lowest BCUT2D eigenvalue weighted by Gasteiger charge is -2.36. The van der Waals surface area contributed by atoms with Crippen LogP contribution in [0.3, 0.4) is 0 Å². The zero-order chi connectivity index (χ0) is 20.9. The largest absolute Gasteiger partial charge is 0.361 e. The van der Waals surface area contributed by atoms with Crippen LogP contribution in [0.25, 0.3) is 0 Å². The van der Waals surface area contributed by atoms with E-state index in [1.165, 1.54) is 5.56 Å². The Kier molecular flexibility index (Phi) is 6.63. The molecule has 0 amide bonds. The van der Waals surface area contributed by atoms with Gasteiger partial charge in [-0.15, -0.1) is 0 Å². The van der Waals surface area contributed by atoms with Crippen molar-refractivity contribution in [1.29, 1.82) is 0 Å². The molecule has 2 aromatic rings. The quantitative estimate of drug-likeness (QED) is 0.410. The van der Waals surface area contributed by atoms with Gasteiger partial charge >= 0.3 is 0 Å². The Hall–Kier alpha value is -2.75. The van der Waals surface area contributed by atoms with Gasteiger partial charge in [-0.25, -0.2) is 0 Å². The summed E-state index contributed by atoms with van der Waals surface area (Å²) in [5.74, 6) is 0.826. The highest BCUT2D eigenvalue weighted by Gasteiger charge is 2.33. The van der Waals surface area contributed by atoms with Gasteiger partial charge < -0.3 is 5.32 Å². The Labute approximate surface area is 174 Å². The number of anilines is 1. The second-order valence-electron chi connectivity index (χ2n) is 8.60. The van der Waals surface area contributed by atoms with Crippen molar-refractivity contribution in [2.24, 2.45) is 21.6 Å². The SMILES string of the molecule is CCC(C)(C)[C@@H]1CCC(=O)/C(=C/Nc2ccc(N=Nc3ccc(C)cc3)cc2)C1. The molecule has 29 heavy (non-hydrogen) atoms. The number of benzene rings is 2. The van der Waals surface area contributed by atoms with E-state index in [0.717, 1.165) is 41.9 Å². The van der Waals surface area contributed by atoms with Gasteiger partial charge in [-0.1, -0.05) is 44.9 Å². The zero-order valence-corrected chi connectivity index (χ0v) is 17.9. The van der Waals surface area contributed by atoms with Gasteiger partial charge in [-0.2, -0.15) is 10.2 Å². The maximum absolute atomic E-state index is 12.3. The van der Waals surface area contributed by atoms with Gasteiger partial charge in [0.25, 0.3) is 0 Å². The third-order valence-corrected chi connectivity index (χ3v) is 6.16. The van der Waals surface area contributed by atoms with Crippen LogP contribution in [0.2, 0.25) is 0 Å². The summed E-state index contributed by atoms with van der Waals surface area (Å²) in [6.07, 6.45) is 5.53. The normalized spacial score (nSPS) is 19.1. The van der Waals surface area contributed by atoms with Crippen molar-refractivity contribution in [2.45, 2.75) is 53.4 Å². The van der Waals surface area contributed by atoms with Crippen molar-refractivity contribution in [1.82, 2.24) is 0 Å². The molecule has 0 unspecified atom stereocenters. The standard InChI is InChI=1S/C25H31N3O/c1-5-25(3,4)20-8-15-24(29)19(16-20)17-26-21-11-13-23(14-12-21)28-27-22-9-6-18(2)7-10-22/h6-7,9-14,17,20,26H,5,8,15-16H2,1-4H3/b19-17+,28-27?/t20-/m1/s1. The van der Waals surface area contributed by atoms with Crippen LogP contribution in [0.15, 0.2) is 70.5 Å². The molecule has 0 aliphatic heterocycles. The van der Waals surface area contributed by atoms with Crippen LogP contribution in [-0.2, 0) is 4.79 Å². The van der Waals surface area contributed by atoms with Gasteiger partial charge in [0.2, 0.25) is 0 Å². The number of carbonyl (C=O) groups is 1. The maximum Gasteiger partial charge on any atom is 0.160 e. The molecule has 1 saturated carbocycles. The van der Waals surface area contributed by atoms with Crippen LogP contribution >= 0.6 is 0 Å². The molecule has 152 valence electrons. The van der Waals surface area contributed by atoms with Crippen LogP contribution in [0, 0.1) is 18.3 Å². The molecule has 0 bridgehead atoms. The number of carbonyl (C=O) groups excluding carboxylic acids is 1. The first-order valence-electron chi connectivity index (χ1n) is 10.4. The summed E-state index contributed by atoms with van der Waals surface area (Å²) in [6.45, 7) is 8.90. The van der Waals surface area contributed by atoms with E-state index in [1.807, 2.05) is 61.7 Å². The fourth-order valence-corrected chi connectivity index (χ4v) is 3.56. The number of nitrogens with one attached hydrogen (secondary N) is 1.